The van der Waals surface area contributed by atoms with Crippen molar-refractivity contribution in [2.24, 2.45) is 0 Å². The Kier molecular flexibility index (Phi) is 4.73. The van der Waals surface area contributed by atoms with Crippen molar-refractivity contribution in [1.29, 1.82) is 0 Å². The molecule has 6 nitrogen and oxygen atoms in total. The third kappa shape index (κ3) is 3.97. The molecule has 25 heavy (non-hydrogen) atoms. The van der Waals surface area contributed by atoms with Gasteiger partial charge in [0, 0.05) is 6.54 Å². The van der Waals surface area contributed by atoms with Crippen molar-refractivity contribution in [3.05, 3.63) is 59.9 Å². The summed E-state index contributed by atoms with van der Waals surface area (Å²) in [6.45, 7) is 1.88. The van der Waals surface area contributed by atoms with Crippen LogP contribution < -0.4 is 9.62 Å². The summed E-state index contributed by atoms with van der Waals surface area (Å²) >= 11 is 0. The summed E-state index contributed by atoms with van der Waals surface area (Å²) in [6.07, 6.45) is -1.29. The van der Waals surface area contributed by atoms with Gasteiger partial charge >= 0.3 is 6.09 Å². The summed E-state index contributed by atoms with van der Waals surface area (Å²) in [5.41, 5.74) is 1.20. The van der Waals surface area contributed by atoms with Crippen molar-refractivity contribution < 1.29 is 22.3 Å². The molecule has 0 saturated carbocycles. The van der Waals surface area contributed by atoms with Gasteiger partial charge in [0.1, 0.15) is 11.9 Å². The Morgan fingerprint density at radius 3 is 2.72 bits per heavy atom. The SMILES string of the molecule is Cc1cccc(S(=O)(=O)NCC2CN(c3cccc(F)c3)C(=O)O2)c1. The Morgan fingerprint density at radius 2 is 2.00 bits per heavy atom. The average Bonchev–Trinajstić information content (AvgIpc) is 2.94. The zero-order valence-corrected chi connectivity index (χ0v) is 14.3. The highest BCUT2D eigenvalue weighted by Crippen LogP contribution is 2.22. The lowest BCUT2D eigenvalue weighted by molar-refractivity contribution is 0.143. The number of sulfonamides is 1. The first-order valence-corrected chi connectivity index (χ1v) is 9.13. The lowest BCUT2D eigenvalue weighted by atomic mass is 10.2. The predicted octanol–water partition coefficient (Wildman–Crippen LogP) is 2.44. The Balaban J connectivity index is 1.66. The largest absolute Gasteiger partial charge is 0.443 e. The van der Waals surface area contributed by atoms with E-state index in [0.717, 1.165) is 5.56 Å². The minimum atomic E-state index is -3.70. The van der Waals surface area contributed by atoms with Crippen LogP contribution in [0.1, 0.15) is 5.56 Å². The van der Waals surface area contributed by atoms with E-state index in [-0.39, 0.29) is 18.0 Å². The molecule has 1 N–H and O–H groups in total. The third-order valence-corrected chi connectivity index (χ3v) is 5.22. The smallest absolute Gasteiger partial charge is 0.414 e. The van der Waals surface area contributed by atoms with Crippen LogP contribution in [-0.4, -0.2) is 33.7 Å². The molecule has 0 spiro atoms. The van der Waals surface area contributed by atoms with E-state index in [2.05, 4.69) is 4.72 Å². The van der Waals surface area contributed by atoms with Crippen LogP contribution in [-0.2, 0) is 14.8 Å². The van der Waals surface area contributed by atoms with E-state index >= 15 is 0 Å². The van der Waals surface area contributed by atoms with E-state index in [4.69, 9.17) is 4.74 Å². The van der Waals surface area contributed by atoms with Crippen LogP contribution in [0.25, 0.3) is 0 Å². The fourth-order valence-corrected chi connectivity index (χ4v) is 3.72. The number of cyclic esters (lactones) is 1. The van der Waals surface area contributed by atoms with Gasteiger partial charge in [0.05, 0.1) is 17.1 Å². The van der Waals surface area contributed by atoms with Crippen LogP contribution >= 0.6 is 0 Å². The molecule has 8 heteroatoms. The summed E-state index contributed by atoms with van der Waals surface area (Å²) in [5, 5.41) is 0. The molecule has 0 radical (unpaired) electrons. The Labute approximate surface area is 145 Å². The first kappa shape index (κ1) is 17.4. The second-order valence-electron chi connectivity index (χ2n) is 5.76. The zero-order valence-electron chi connectivity index (χ0n) is 13.5. The molecule has 1 atom stereocenters. The summed E-state index contributed by atoms with van der Waals surface area (Å²) in [5.74, 6) is -0.464. The topological polar surface area (TPSA) is 75.7 Å². The van der Waals surface area contributed by atoms with Crippen molar-refractivity contribution in [3.63, 3.8) is 0 Å². The first-order chi connectivity index (χ1) is 11.8. The monoisotopic (exact) mass is 364 g/mol. The molecule has 3 rings (SSSR count). The second-order valence-corrected chi connectivity index (χ2v) is 7.53. The first-order valence-electron chi connectivity index (χ1n) is 7.65. The maximum absolute atomic E-state index is 13.3. The number of hydrogen-bond acceptors (Lipinski definition) is 4. The number of halogens is 1. The van der Waals surface area contributed by atoms with E-state index < -0.39 is 28.0 Å². The molecule has 1 aliphatic rings. The van der Waals surface area contributed by atoms with Crippen LogP contribution in [0.15, 0.2) is 53.4 Å². The molecular weight excluding hydrogens is 347 g/mol. The molecule has 1 unspecified atom stereocenters. The van der Waals surface area contributed by atoms with Crippen LogP contribution in [0.5, 0.6) is 0 Å². The number of rotatable bonds is 5. The van der Waals surface area contributed by atoms with Crippen LogP contribution in [0.4, 0.5) is 14.9 Å². The number of carbonyl (C=O) groups is 1. The van der Waals surface area contributed by atoms with E-state index in [9.17, 15) is 17.6 Å². The second kappa shape index (κ2) is 6.81. The third-order valence-electron chi connectivity index (χ3n) is 3.79. The number of nitrogens with zero attached hydrogens (tertiary/aromatic N) is 1. The Hall–Kier alpha value is -2.45. The van der Waals surface area contributed by atoms with E-state index in [1.807, 2.05) is 0 Å². The van der Waals surface area contributed by atoms with Crippen LogP contribution in [0, 0.1) is 12.7 Å². The summed E-state index contributed by atoms with van der Waals surface area (Å²) < 4.78 is 45.5. The predicted molar refractivity (Wildman–Crippen MR) is 90.4 cm³/mol. The standard InChI is InChI=1S/C17H17FN2O4S/c1-12-4-2-7-16(8-12)25(22,23)19-10-15-11-20(17(21)24-15)14-6-3-5-13(18)9-14/h2-9,15,19H,10-11H2,1H3. The van der Waals surface area contributed by atoms with Gasteiger partial charge in [-0.2, -0.15) is 0 Å². The number of ether oxygens (including phenoxy) is 1. The highest BCUT2D eigenvalue weighted by Gasteiger charge is 2.33. The maximum atomic E-state index is 13.3. The molecule has 0 aromatic heterocycles. The molecule has 1 fully saturated rings. The highest BCUT2D eigenvalue weighted by molar-refractivity contribution is 7.89. The number of anilines is 1. The van der Waals surface area contributed by atoms with Crippen molar-refractivity contribution in [2.45, 2.75) is 17.9 Å². The van der Waals surface area contributed by atoms with Gasteiger partial charge in [-0.3, -0.25) is 4.90 Å². The molecule has 1 saturated heterocycles. The minimum Gasteiger partial charge on any atom is -0.443 e. The van der Waals surface area contributed by atoms with E-state index in [0.29, 0.717) is 5.69 Å². The van der Waals surface area contributed by atoms with Gasteiger partial charge in [-0.05, 0) is 42.8 Å². The lowest BCUT2D eigenvalue weighted by Crippen LogP contribution is -2.34. The van der Waals surface area contributed by atoms with Gasteiger partial charge in [0.15, 0.2) is 0 Å². The molecule has 2 aromatic rings. The van der Waals surface area contributed by atoms with Gasteiger partial charge < -0.3 is 4.74 Å². The summed E-state index contributed by atoms with van der Waals surface area (Å²) in [7, 11) is -3.70. The van der Waals surface area contributed by atoms with Crippen molar-refractivity contribution in [1.82, 2.24) is 4.72 Å². The Morgan fingerprint density at radius 1 is 1.24 bits per heavy atom. The summed E-state index contributed by atoms with van der Waals surface area (Å²) in [6, 6.07) is 12.1. The molecule has 132 valence electrons. The molecule has 0 bridgehead atoms. The van der Waals surface area contributed by atoms with Gasteiger partial charge in [0.25, 0.3) is 0 Å². The van der Waals surface area contributed by atoms with E-state index in [1.165, 1.54) is 29.2 Å². The molecule has 1 heterocycles. The molecule has 1 aliphatic heterocycles. The molecule has 0 aliphatic carbocycles. The van der Waals surface area contributed by atoms with Gasteiger partial charge in [-0.15, -0.1) is 0 Å². The van der Waals surface area contributed by atoms with Gasteiger partial charge in [0.2, 0.25) is 10.0 Å². The van der Waals surface area contributed by atoms with Crippen molar-refractivity contribution in [3.8, 4) is 0 Å². The van der Waals surface area contributed by atoms with E-state index in [1.54, 1.807) is 31.2 Å². The van der Waals surface area contributed by atoms with Crippen LogP contribution in [0.3, 0.4) is 0 Å². The number of amides is 1. The normalized spacial score (nSPS) is 17.6. The number of hydrogen-bond donors (Lipinski definition) is 1. The number of aryl methyl sites for hydroxylation is 1. The number of nitrogens with one attached hydrogen (secondary N) is 1. The molecule has 2 aromatic carbocycles. The molecule has 1 amide bonds. The quantitative estimate of drug-likeness (QED) is 0.884. The van der Waals surface area contributed by atoms with Crippen molar-refractivity contribution >= 4 is 21.8 Å². The maximum Gasteiger partial charge on any atom is 0.414 e. The number of carbonyl (C=O) groups excluding carboxylic acids is 1. The Bertz CT molecular complexity index is 901. The minimum absolute atomic E-state index is 0.0617. The summed E-state index contributed by atoms with van der Waals surface area (Å²) in [4.78, 5) is 13.4. The highest BCUT2D eigenvalue weighted by atomic mass is 32.2. The van der Waals surface area contributed by atoms with Gasteiger partial charge in [-0.25, -0.2) is 22.3 Å². The molecular formula is C17H17FN2O4S. The lowest BCUT2D eigenvalue weighted by Gasteiger charge is -2.13. The van der Waals surface area contributed by atoms with Crippen molar-refractivity contribution in [2.75, 3.05) is 18.0 Å². The average molecular weight is 364 g/mol. The number of benzene rings is 2. The van der Waals surface area contributed by atoms with Gasteiger partial charge in [-0.1, -0.05) is 18.2 Å². The zero-order chi connectivity index (χ0) is 18.0. The fraction of sp³-hybridized carbons (Fsp3) is 0.235. The fourth-order valence-electron chi connectivity index (χ4n) is 2.55. The van der Waals surface area contributed by atoms with Crippen LogP contribution in [0.2, 0.25) is 0 Å².